The van der Waals surface area contributed by atoms with Crippen LogP contribution >= 0.6 is 15.9 Å². The summed E-state index contributed by atoms with van der Waals surface area (Å²) in [6.45, 7) is -0.0489. The molecule has 3 amide bonds. The molecule has 1 spiro atoms. The number of fused-ring (bicyclic) bond motifs is 2. The zero-order chi connectivity index (χ0) is 31.1. The Morgan fingerprint density at radius 1 is 0.978 bits per heavy atom. The van der Waals surface area contributed by atoms with Crippen LogP contribution in [0.15, 0.2) is 84.9 Å². The molecular formula is C33H33BrN6O5. The summed E-state index contributed by atoms with van der Waals surface area (Å²) in [4.78, 5) is 43.8. The number of hydrogen-bond acceptors (Lipinski definition) is 7. The molecule has 7 rings (SSSR count). The van der Waals surface area contributed by atoms with Crippen molar-refractivity contribution in [1.82, 2.24) is 30.5 Å². The number of hydrogen-bond donors (Lipinski definition) is 3. The van der Waals surface area contributed by atoms with Gasteiger partial charge in [0, 0.05) is 11.4 Å². The van der Waals surface area contributed by atoms with Crippen molar-refractivity contribution in [2.24, 2.45) is 11.8 Å². The molecule has 3 aromatic carbocycles. The quantitative estimate of drug-likeness (QED) is 0.220. The monoisotopic (exact) mass is 672 g/mol. The lowest BCUT2D eigenvalue weighted by Crippen LogP contribution is -2.58. The van der Waals surface area contributed by atoms with Crippen molar-refractivity contribution in [3.8, 4) is 0 Å². The second-order valence-electron chi connectivity index (χ2n) is 11.9. The van der Waals surface area contributed by atoms with E-state index >= 15 is 0 Å². The molecular weight excluding hydrogens is 640 g/mol. The number of aromatic nitrogens is 3. The Morgan fingerprint density at radius 3 is 2.40 bits per heavy atom. The van der Waals surface area contributed by atoms with Crippen LogP contribution in [0.4, 0.5) is 0 Å². The van der Waals surface area contributed by atoms with Gasteiger partial charge in [-0.3, -0.25) is 14.4 Å². The van der Waals surface area contributed by atoms with Gasteiger partial charge in [-0.1, -0.05) is 93.9 Å². The van der Waals surface area contributed by atoms with Crippen LogP contribution in [0, 0.1) is 11.8 Å². The van der Waals surface area contributed by atoms with E-state index in [0.717, 1.165) is 16.6 Å². The zero-order valence-corrected chi connectivity index (χ0v) is 25.9. The van der Waals surface area contributed by atoms with Gasteiger partial charge in [-0.05, 0) is 36.1 Å². The molecule has 0 aliphatic carbocycles. The van der Waals surface area contributed by atoms with Crippen LogP contribution in [0.1, 0.15) is 17.5 Å². The van der Waals surface area contributed by atoms with Crippen LogP contribution in [0.5, 0.6) is 0 Å². The lowest BCUT2D eigenvalue weighted by Gasteiger charge is -2.37. The van der Waals surface area contributed by atoms with Crippen molar-refractivity contribution in [2.75, 3.05) is 6.61 Å². The summed E-state index contributed by atoms with van der Waals surface area (Å²) in [6.07, 6.45) is 0.101. The highest BCUT2D eigenvalue weighted by Gasteiger charge is 2.77. The fourth-order valence-electron chi connectivity index (χ4n) is 7.38. The fourth-order valence-corrected chi connectivity index (χ4v) is 8.33. The molecule has 3 saturated heterocycles. The Bertz CT molecular complexity index is 1720. The van der Waals surface area contributed by atoms with Crippen LogP contribution in [0.2, 0.25) is 0 Å². The molecule has 3 unspecified atom stereocenters. The lowest BCUT2D eigenvalue weighted by molar-refractivity contribution is -0.145. The van der Waals surface area contributed by atoms with Gasteiger partial charge in [0.1, 0.15) is 23.8 Å². The first-order chi connectivity index (χ1) is 21.9. The number of para-hydroxylation sites is 1. The predicted octanol–water partition coefficient (Wildman–Crippen LogP) is 2.17. The number of ether oxygens (including phenoxy) is 1. The van der Waals surface area contributed by atoms with Gasteiger partial charge in [-0.25, -0.2) is 4.68 Å². The highest BCUT2D eigenvalue weighted by Crippen LogP contribution is 2.60. The number of benzene rings is 3. The third-order valence-electron chi connectivity index (χ3n) is 9.33. The van der Waals surface area contributed by atoms with Crippen molar-refractivity contribution >= 4 is 44.7 Å². The summed E-state index contributed by atoms with van der Waals surface area (Å²) in [5.74, 6) is -2.80. The number of rotatable bonds is 10. The number of alkyl halides is 1. The van der Waals surface area contributed by atoms with Gasteiger partial charge in [0.2, 0.25) is 17.7 Å². The van der Waals surface area contributed by atoms with E-state index < -0.39 is 41.5 Å². The van der Waals surface area contributed by atoms with Gasteiger partial charge < -0.3 is 25.4 Å². The minimum absolute atomic E-state index is 0.0171. The van der Waals surface area contributed by atoms with E-state index in [9.17, 15) is 19.5 Å². The van der Waals surface area contributed by atoms with E-state index in [2.05, 4.69) is 36.9 Å². The Kier molecular flexibility index (Phi) is 7.88. The molecule has 45 heavy (non-hydrogen) atoms. The number of nitrogens with one attached hydrogen (secondary N) is 2. The topological polar surface area (TPSA) is 139 Å². The Balaban J connectivity index is 1.21. The second-order valence-corrected chi connectivity index (χ2v) is 13.1. The summed E-state index contributed by atoms with van der Waals surface area (Å²) in [5, 5.41) is 25.0. The van der Waals surface area contributed by atoms with Gasteiger partial charge in [0.15, 0.2) is 0 Å². The highest BCUT2D eigenvalue weighted by atomic mass is 79.9. The van der Waals surface area contributed by atoms with Crippen LogP contribution in [-0.4, -0.2) is 77.9 Å². The first-order valence-corrected chi connectivity index (χ1v) is 16.0. The molecule has 0 radical (unpaired) electrons. The minimum Gasteiger partial charge on any atom is -0.394 e. The summed E-state index contributed by atoms with van der Waals surface area (Å²) in [6, 6.07) is 24.7. The van der Waals surface area contributed by atoms with Gasteiger partial charge in [-0.2, -0.15) is 0 Å². The number of aliphatic hydroxyl groups excluding tert-OH is 1. The number of nitrogens with zero attached hydrogens (tertiary/aromatic N) is 4. The molecule has 0 saturated carbocycles. The van der Waals surface area contributed by atoms with Gasteiger partial charge >= 0.3 is 0 Å². The summed E-state index contributed by atoms with van der Waals surface area (Å²) >= 11 is 3.72. The molecule has 2 bridgehead atoms. The maximum absolute atomic E-state index is 14.5. The lowest BCUT2D eigenvalue weighted by atomic mass is 9.70. The molecule has 12 heteroatoms. The smallest absolute Gasteiger partial charge is 0.247 e. The van der Waals surface area contributed by atoms with E-state index in [-0.39, 0.29) is 29.9 Å². The van der Waals surface area contributed by atoms with Gasteiger partial charge in [0.25, 0.3) is 0 Å². The molecule has 11 nitrogen and oxygen atoms in total. The molecule has 4 heterocycles. The average molecular weight is 674 g/mol. The number of amides is 3. The van der Waals surface area contributed by atoms with Crippen LogP contribution in [0.25, 0.3) is 11.0 Å². The SMILES string of the molecule is O=C(NCn1nnc2ccccc21)C1N([C@@H](CO)Cc2ccccc2)C(=O)[C@@H]2[C@H](C(=O)NCc3ccccc3)[C@H]3OC12CC3Br. The molecule has 232 valence electrons. The summed E-state index contributed by atoms with van der Waals surface area (Å²) < 4.78 is 8.20. The van der Waals surface area contributed by atoms with Crippen molar-refractivity contribution in [2.45, 2.75) is 54.7 Å². The standard InChI is InChI=1S/C33H33BrN6O5/c34-23-16-33-27(26(28(23)45-33)30(42)35-17-21-11-5-2-6-12-21)32(44)40(22(18-41)15-20-9-3-1-4-10-20)29(33)31(43)36-19-39-25-14-8-7-13-24(25)37-38-39/h1-14,22-23,26-29,41H,15-19H2,(H,35,42)(H,36,43)/t22-,23?,26+,27+,28+,29?,33?/m1/s1. The number of halogens is 1. The Morgan fingerprint density at radius 2 is 1.67 bits per heavy atom. The van der Waals surface area contributed by atoms with Crippen LogP contribution in [0.3, 0.4) is 0 Å². The van der Waals surface area contributed by atoms with Crippen LogP contribution in [-0.2, 0) is 38.8 Å². The van der Waals surface area contributed by atoms with Gasteiger partial charge in [0.05, 0.1) is 36.1 Å². The van der Waals surface area contributed by atoms with E-state index in [1.54, 1.807) is 4.68 Å². The number of likely N-dealkylation sites (tertiary alicyclic amines) is 1. The Labute approximate surface area is 268 Å². The second kappa shape index (κ2) is 12.0. The number of aliphatic hydroxyl groups is 1. The minimum atomic E-state index is -1.26. The number of carbonyl (C=O) groups is 3. The molecule has 3 aliphatic rings. The van der Waals surface area contributed by atoms with E-state index in [4.69, 9.17) is 4.74 Å². The van der Waals surface area contributed by atoms with E-state index in [1.165, 1.54) is 4.90 Å². The van der Waals surface area contributed by atoms with E-state index in [0.29, 0.717) is 24.9 Å². The highest BCUT2D eigenvalue weighted by molar-refractivity contribution is 9.09. The average Bonchev–Trinajstić information content (AvgIpc) is 3.79. The normalized spacial score (nSPS) is 27.5. The number of carbonyl (C=O) groups excluding carboxylic acids is 3. The largest absolute Gasteiger partial charge is 0.394 e. The van der Waals surface area contributed by atoms with Gasteiger partial charge in [-0.15, -0.1) is 5.10 Å². The third-order valence-corrected chi connectivity index (χ3v) is 10.2. The maximum Gasteiger partial charge on any atom is 0.247 e. The van der Waals surface area contributed by atoms with Crippen molar-refractivity contribution in [1.29, 1.82) is 0 Å². The molecule has 7 atom stereocenters. The summed E-state index contributed by atoms with van der Waals surface area (Å²) in [5.41, 5.74) is 2.02. The molecule has 4 aromatic rings. The molecule has 3 fully saturated rings. The maximum atomic E-state index is 14.5. The van der Waals surface area contributed by atoms with Crippen molar-refractivity contribution < 1.29 is 24.2 Å². The van der Waals surface area contributed by atoms with Crippen molar-refractivity contribution in [3.05, 3.63) is 96.1 Å². The predicted molar refractivity (Wildman–Crippen MR) is 168 cm³/mol. The zero-order valence-electron chi connectivity index (χ0n) is 24.3. The summed E-state index contributed by atoms with van der Waals surface area (Å²) in [7, 11) is 0. The van der Waals surface area contributed by atoms with Crippen molar-refractivity contribution in [3.63, 3.8) is 0 Å². The van der Waals surface area contributed by atoms with Crippen LogP contribution < -0.4 is 10.6 Å². The molecule has 3 N–H and O–H groups in total. The Hall–Kier alpha value is -4.13. The molecule has 1 aromatic heterocycles. The molecule has 3 aliphatic heterocycles. The van der Waals surface area contributed by atoms with E-state index in [1.807, 2.05) is 84.9 Å². The third kappa shape index (κ3) is 5.10. The first kappa shape index (κ1) is 29.6. The fraction of sp³-hybridized carbons (Fsp3) is 0.364. The first-order valence-electron chi connectivity index (χ1n) is 15.1.